The number of hydrogen-bond acceptors (Lipinski definition) is 0. The van der Waals surface area contributed by atoms with Crippen LogP contribution in [0.2, 0.25) is 0 Å². The Kier molecular flexibility index (Phi) is 5.97. The van der Waals surface area contributed by atoms with Crippen molar-refractivity contribution in [3.05, 3.63) is 216 Å². The van der Waals surface area contributed by atoms with Crippen LogP contribution in [0.1, 0.15) is 22.3 Å². The highest BCUT2D eigenvalue weighted by atomic mass is 14.5. The summed E-state index contributed by atoms with van der Waals surface area (Å²) >= 11 is 0. The van der Waals surface area contributed by atoms with Crippen molar-refractivity contribution < 1.29 is 0 Å². The molecule has 0 unspecified atom stereocenters. The second-order valence-corrected chi connectivity index (χ2v) is 14.0. The van der Waals surface area contributed by atoms with E-state index in [0.29, 0.717) is 0 Å². The molecule has 0 nitrogen and oxygen atoms in total. The van der Waals surface area contributed by atoms with Crippen molar-refractivity contribution >= 4 is 21.5 Å². The third kappa shape index (κ3) is 4.02. The number of fused-ring (bicyclic) bond motifs is 12. The zero-order valence-corrected chi connectivity index (χ0v) is 28.0. The zero-order valence-electron chi connectivity index (χ0n) is 28.0. The van der Waals surface area contributed by atoms with Crippen LogP contribution in [0.4, 0.5) is 0 Å². The standard InChI is InChI=1S/C51H32/c1-2-12-33(13-3-1)35-24-22-34-23-25-36(29-39(34)28-35)40-30-37-14-4-5-15-41(37)46(31-40)38-26-27-45-44-18-8-11-21-49(44)51(50(45)32-38)47-19-9-6-16-42(47)43-17-7-10-20-48(43)51/h1-32H. The van der Waals surface area contributed by atoms with Gasteiger partial charge >= 0.3 is 0 Å². The highest BCUT2D eigenvalue weighted by molar-refractivity contribution is 6.03. The van der Waals surface area contributed by atoms with Gasteiger partial charge in [0, 0.05) is 0 Å². The lowest BCUT2D eigenvalue weighted by atomic mass is 9.70. The van der Waals surface area contributed by atoms with Gasteiger partial charge in [0.15, 0.2) is 0 Å². The third-order valence-electron chi connectivity index (χ3n) is 11.5. The van der Waals surface area contributed by atoms with Crippen LogP contribution in [0.15, 0.2) is 194 Å². The van der Waals surface area contributed by atoms with Crippen LogP contribution in [-0.4, -0.2) is 0 Å². The van der Waals surface area contributed by atoms with Gasteiger partial charge in [-0.3, -0.25) is 0 Å². The smallest absolute Gasteiger partial charge is 0.0622 e. The normalized spacial score (nSPS) is 13.3. The predicted molar refractivity (Wildman–Crippen MR) is 214 cm³/mol. The van der Waals surface area contributed by atoms with Gasteiger partial charge in [-0.05, 0) is 130 Å². The third-order valence-corrected chi connectivity index (χ3v) is 11.5. The molecule has 1 spiro atoms. The quantitative estimate of drug-likeness (QED) is 0.180. The first-order valence-electron chi connectivity index (χ1n) is 17.8. The monoisotopic (exact) mass is 644 g/mol. The van der Waals surface area contributed by atoms with Crippen LogP contribution >= 0.6 is 0 Å². The van der Waals surface area contributed by atoms with Crippen LogP contribution in [0.25, 0.3) is 77.2 Å². The summed E-state index contributed by atoms with van der Waals surface area (Å²) in [4.78, 5) is 0. The van der Waals surface area contributed by atoms with Crippen molar-refractivity contribution in [1.29, 1.82) is 0 Å². The summed E-state index contributed by atoms with van der Waals surface area (Å²) in [6, 6.07) is 72.4. The molecule has 0 heterocycles. The highest BCUT2D eigenvalue weighted by Crippen LogP contribution is 2.63. The molecule has 9 aromatic carbocycles. The van der Waals surface area contributed by atoms with E-state index in [9.17, 15) is 0 Å². The van der Waals surface area contributed by atoms with Gasteiger partial charge in [0.25, 0.3) is 0 Å². The minimum Gasteiger partial charge on any atom is -0.0622 e. The Morgan fingerprint density at radius 2 is 0.745 bits per heavy atom. The van der Waals surface area contributed by atoms with Crippen molar-refractivity contribution in [2.45, 2.75) is 5.41 Å². The summed E-state index contributed by atoms with van der Waals surface area (Å²) < 4.78 is 0. The molecule has 0 saturated carbocycles. The second-order valence-electron chi connectivity index (χ2n) is 14.0. The summed E-state index contributed by atoms with van der Waals surface area (Å²) in [5.41, 5.74) is 17.9. The highest BCUT2D eigenvalue weighted by Gasteiger charge is 2.51. The molecule has 236 valence electrons. The lowest BCUT2D eigenvalue weighted by Gasteiger charge is -2.30. The average Bonchev–Trinajstić information content (AvgIpc) is 3.67. The van der Waals surface area contributed by atoms with E-state index in [1.807, 2.05) is 0 Å². The van der Waals surface area contributed by atoms with E-state index in [-0.39, 0.29) is 5.41 Å². The van der Waals surface area contributed by atoms with E-state index in [1.54, 1.807) is 0 Å². The molecule has 2 aliphatic carbocycles. The first-order chi connectivity index (χ1) is 25.3. The van der Waals surface area contributed by atoms with E-state index in [1.165, 1.54) is 99.4 Å². The average molecular weight is 645 g/mol. The van der Waals surface area contributed by atoms with Crippen molar-refractivity contribution in [3.63, 3.8) is 0 Å². The van der Waals surface area contributed by atoms with Gasteiger partial charge in [0.1, 0.15) is 0 Å². The molecule has 11 rings (SSSR count). The molecule has 2 aliphatic rings. The van der Waals surface area contributed by atoms with Gasteiger partial charge in [-0.15, -0.1) is 0 Å². The van der Waals surface area contributed by atoms with Crippen LogP contribution in [-0.2, 0) is 5.41 Å². The maximum atomic E-state index is 2.51. The van der Waals surface area contributed by atoms with Crippen LogP contribution < -0.4 is 0 Å². The molecule has 51 heavy (non-hydrogen) atoms. The summed E-state index contributed by atoms with van der Waals surface area (Å²) in [5.74, 6) is 0. The first kappa shape index (κ1) is 28.3. The van der Waals surface area contributed by atoms with Gasteiger partial charge in [-0.25, -0.2) is 0 Å². The molecule has 0 heteroatoms. The largest absolute Gasteiger partial charge is 0.0725 e. The van der Waals surface area contributed by atoms with Crippen molar-refractivity contribution in [2.24, 2.45) is 0 Å². The van der Waals surface area contributed by atoms with E-state index in [4.69, 9.17) is 0 Å². The van der Waals surface area contributed by atoms with E-state index < -0.39 is 0 Å². The summed E-state index contributed by atoms with van der Waals surface area (Å²) in [6.45, 7) is 0. The Morgan fingerprint density at radius 3 is 1.41 bits per heavy atom. The fraction of sp³-hybridized carbons (Fsp3) is 0.0196. The maximum absolute atomic E-state index is 2.51. The minimum atomic E-state index is -0.364. The Morgan fingerprint density at radius 1 is 0.235 bits per heavy atom. The molecular weight excluding hydrogens is 613 g/mol. The fourth-order valence-electron chi connectivity index (χ4n) is 9.21. The SMILES string of the molecule is c1ccc(-c2ccc3ccc(-c4cc(-c5ccc6c(c5)C5(c7ccccc7-c7ccccc75)c5ccccc5-6)c5ccccc5c4)cc3c2)cc1. The predicted octanol–water partition coefficient (Wildman–Crippen LogP) is 13.3. The molecule has 9 aromatic rings. The van der Waals surface area contributed by atoms with Gasteiger partial charge in [-0.2, -0.15) is 0 Å². The van der Waals surface area contributed by atoms with Crippen molar-refractivity contribution in [1.82, 2.24) is 0 Å². The summed E-state index contributed by atoms with van der Waals surface area (Å²) in [6.07, 6.45) is 0. The topological polar surface area (TPSA) is 0 Å². The van der Waals surface area contributed by atoms with Crippen LogP contribution in [0.3, 0.4) is 0 Å². The van der Waals surface area contributed by atoms with Gasteiger partial charge in [0.2, 0.25) is 0 Å². The Balaban J connectivity index is 1.13. The molecule has 0 radical (unpaired) electrons. The maximum Gasteiger partial charge on any atom is 0.0725 e. The minimum absolute atomic E-state index is 0.364. The zero-order chi connectivity index (χ0) is 33.5. The molecule has 0 N–H and O–H groups in total. The fourth-order valence-corrected chi connectivity index (χ4v) is 9.21. The van der Waals surface area contributed by atoms with Crippen molar-refractivity contribution in [2.75, 3.05) is 0 Å². The van der Waals surface area contributed by atoms with Gasteiger partial charge in [-0.1, -0.05) is 164 Å². The summed E-state index contributed by atoms with van der Waals surface area (Å²) in [7, 11) is 0. The lowest BCUT2D eigenvalue weighted by Crippen LogP contribution is -2.25. The molecule has 0 atom stereocenters. The van der Waals surface area contributed by atoms with Gasteiger partial charge < -0.3 is 0 Å². The molecule has 0 aromatic heterocycles. The van der Waals surface area contributed by atoms with Crippen molar-refractivity contribution in [3.8, 4) is 55.6 Å². The van der Waals surface area contributed by atoms with Crippen LogP contribution in [0, 0.1) is 0 Å². The number of benzene rings is 9. The van der Waals surface area contributed by atoms with E-state index in [0.717, 1.165) is 0 Å². The molecule has 0 saturated heterocycles. The molecule has 0 bridgehead atoms. The Labute approximate surface area is 297 Å². The second kappa shape index (κ2) is 10.7. The molecule has 0 fully saturated rings. The molecular formula is C51H32. The Bertz CT molecular complexity index is 2790. The van der Waals surface area contributed by atoms with E-state index >= 15 is 0 Å². The number of rotatable bonds is 3. The molecule has 0 aliphatic heterocycles. The number of hydrogen-bond donors (Lipinski definition) is 0. The lowest BCUT2D eigenvalue weighted by molar-refractivity contribution is 0.794. The molecule has 0 amide bonds. The Hall–Kier alpha value is -6.50. The van der Waals surface area contributed by atoms with Gasteiger partial charge in [0.05, 0.1) is 5.41 Å². The first-order valence-corrected chi connectivity index (χ1v) is 17.8. The summed E-state index contributed by atoms with van der Waals surface area (Å²) in [5, 5.41) is 5.02. The van der Waals surface area contributed by atoms with Crippen LogP contribution in [0.5, 0.6) is 0 Å². The van der Waals surface area contributed by atoms with E-state index in [2.05, 4.69) is 194 Å².